The van der Waals surface area contributed by atoms with Gasteiger partial charge in [-0.15, -0.1) is 0 Å². The van der Waals surface area contributed by atoms with E-state index in [1.807, 2.05) is 12.1 Å². The fraction of sp³-hybridized carbons (Fsp3) is 0.500. The predicted molar refractivity (Wildman–Crippen MR) is 58.6 cm³/mol. The fourth-order valence-corrected chi connectivity index (χ4v) is 1.57. The lowest BCUT2D eigenvalue weighted by molar-refractivity contribution is 0.0864. The molecule has 82 valence electrons. The molecule has 0 aromatic heterocycles. The zero-order chi connectivity index (χ0) is 10.5. The van der Waals surface area contributed by atoms with Crippen molar-refractivity contribution in [2.75, 3.05) is 7.11 Å². The normalized spacial score (nSPS) is 16.1. The fourth-order valence-electron chi connectivity index (χ4n) is 1.57. The predicted octanol–water partition coefficient (Wildman–Crippen LogP) is 2.27. The SMILES string of the molecule is CONCc1cccc(OC2CCC2)c1. The van der Waals surface area contributed by atoms with E-state index in [-0.39, 0.29) is 0 Å². The molecule has 1 aromatic rings. The summed E-state index contributed by atoms with van der Waals surface area (Å²) in [4.78, 5) is 4.81. The lowest BCUT2D eigenvalue weighted by Crippen LogP contribution is -2.24. The molecule has 0 spiro atoms. The summed E-state index contributed by atoms with van der Waals surface area (Å²) in [5, 5.41) is 0. The minimum Gasteiger partial charge on any atom is -0.490 e. The number of hydrogen-bond acceptors (Lipinski definition) is 3. The molecule has 0 atom stereocenters. The third-order valence-corrected chi connectivity index (χ3v) is 2.67. The molecule has 1 aromatic carbocycles. The molecule has 1 N–H and O–H groups in total. The van der Waals surface area contributed by atoms with E-state index in [9.17, 15) is 0 Å². The van der Waals surface area contributed by atoms with Crippen LogP contribution in [0.2, 0.25) is 0 Å². The van der Waals surface area contributed by atoms with Crippen LogP contribution < -0.4 is 10.2 Å². The minimum atomic E-state index is 0.440. The molecule has 1 saturated carbocycles. The number of nitrogens with one attached hydrogen (secondary N) is 1. The van der Waals surface area contributed by atoms with E-state index in [0.29, 0.717) is 12.6 Å². The summed E-state index contributed by atoms with van der Waals surface area (Å²) in [6.07, 6.45) is 4.13. The molecule has 1 aliphatic rings. The van der Waals surface area contributed by atoms with Crippen molar-refractivity contribution < 1.29 is 9.57 Å². The van der Waals surface area contributed by atoms with Crippen LogP contribution in [0.4, 0.5) is 0 Å². The standard InChI is InChI=1S/C12H17NO2/c1-14-13-9-10-4-2-7-12(8-10)15-11-5-3-6-11/h2,4,7-8,11,13H,3,5-6,9H2,1H3. The van der Waals surface area contributed by atoms with Crippen molar-refractivity contribution in [2.45, 2.75) is 31.9 Å². The zero-order valence-corrected chi connectivity index (χ0v) is 9.03. The van der Waals surface area contributed by atoms with E-state index < -0.39 is 0 Å². The third kappa shape index (κ3) is 2.94. The van der Waals surface area contributed by atoms with Crippen LogP contribution in [-0.4, -0.2) is 13.2 Å². The van der Waals surface area contributed by atoms with Gasteiger partial charge in [-0.25, -0.2) is 0 Å². The van der Waals surface area contributed by atoms with Gasteiger partial charge in [-0.2, -0.15) is 5.48 Å². The Morgan fingerprint density at radius 3 is 2.93 bits per heavy atom. The first kappa shape index (κ1) is 10.5. The van der Waals surface area contributed by atoms with Gasteiger partial charge < -0.3 is 9.57 Å². The van der Waals surface area contributed by atoms with Crippen LogP contribution in [0.5, 0.6) is 5.75 Å². The molecule has 15 heavy (non-hydrogen) atoms. The van der Waals surface area contributed by atoms with E-state index in [4.69, 9.17) is 9.57 Å². The molecule has 1 fully saturated rings. The van der Waals surface area contributed by atoms with E-state index >= 15 is 0 Å². The van der Waals surface area contributed by atoms with Crippen LogP contribution in [0.1, 0.15) is 24.8 Å². The van der Waals surface area contributed by atoms with Crippen LogP contribution in [0.3, 0.4) is 0 Å². The largest absolute Gasteiger partial charge is 0.490 e. The number of hydrogen-bond donors (Lipinski definition) is 1. The molecule has 0 bridgehead atoms. The van der Waals surface area contributed by atoms with Gasteiger partial charge in [-0.05, 0) is 37.0 Å². The van der Waals surface area contributed by atoms with Gasteiger partial charge in [0.2, 0.25) is 0 Å². The van der Waals surface area contributed by atoms with Crippen LogP contribution in [0.15, 0.2) is 24.3 Å². The molecule has 0 unspecified atom stereocenters. The Kier molecular flexibility index (Phi) is 3.59. The van der Waals surface area contributed by atoms with E-state index in [1.54, 1.807) is 7.11 Å². The number of benzene rings is 1. The van der Waals surface area contributed by atoms with Crippen molar-refractivity contribution >= 4 is 0 Å². The molecule has 0 saturated heterocycles. The van der Waals surface area contributed by atoms with Gasteiger partial charge in [0.05, 0.1) is 13.2 Å². The molecular formula is C12H17NO2. The summed E-state index contributed by atoms with van der Waals surface area (Å²) < 4.78 is 5.80. The Bertz CT molecular complexity index is 310. The maximum atomic E-state index is 5.80. The van der Waals surface area contributed by atoms with E-state index in [1.165, 1.54) is 24.8 Å². The van der Waals surface area contributed by atoms with Gasteiger partial charge in [0.15, 0.2) is 0 Å². The molecule has 3 nitrogen and oxygen atoms in total. The van der Waals surface area contributed by atoms with Crippen molar-refractivity contribution in [1.29, 1.82) is 0 Å². The van der Waals surface area contributed by atoms with Gasteiger partial charge in [-0.1, -0.05) is 12.1 Å². The average molecular weight is 207 g/mol. The first-order valence-corrected chi connectivity index (χ1v) is 5.40. The van der Waals surface area contributed by atoms with Crippen molar-refractivity contribution in [3.05, 3.63) is 29.8 Å². The summed E-state index contributed by atoms with van der Waals surface area (Å²) in [5.74, 6) is 0.968. The Morgan fingerprint density at radius 2 is 2.27 bits per heavy atom. The van der Waals surface area contributed by atoms with Gasteiger partial charge in [0.1, 0.15) is 5.75 Å². The third-order valence-electron chi connectivity index (χ3n) is 2.67. The second-order valence-electron chi connectivity index (χ2n) is 3.84. The minimum absolute atomic E-state index is 0.440. The van der Waals surface area contributed by atoms with Crippen molar-refractivity contribution in [3.63, 3.8) is 0 Å². The van der Waals surface area contributed by atoms with Crippen LogP contribution in [0, 0.1) is 0 Å². The summed E-state index contributed by atoms with van der Waals surface area (Å²) in [7, 11) is 1.62. The summed E-state index contributed by atoms with van der Waals surface area (Å²) in [6.45, 7) is 0.707. The second kappa shape index (κ2) is 5.14. The smallest absolute Gasteiger partial charge is 0.120 e. The molecular weight excluding hydrogens is 190 g/mol. The maximum Gasteiger partial charge on any atom is 0.120 e. The highest BCUT2D eigenvalue weighted by atomic mass is 16.6. The van der Waals surface area contributed by atoms with Gasteiger partial charge >= 0.3 is 0 Å². The van der Waals surface area contributed by atoms with Gasteiger partial charge in [0.25, 0.3) is 0 Å². The van der Waals surface area contributed by atoms with Crippen molar-refractivity contribution in [1.82, 2.24) is 5.48 Å². The molecule has 0 radical (unpaired) electrons. The number of hydroxylamine groups is 1. The highest BCUT2D eigenvalue weighted by Crippen LogP contribution is 2.25. The molecule has 2 rings (SSSR count). The quantitative estimate of drug-likeness (QED) is 0.751. The topological polar surface area (TPSA) is 30.5 Å². The van der Waals surface area contributed by atoms with Crippen molar-refractivity contribution in [3.8, 4) is 5.75 Å². The second-order valence-corrected chi connectivity index (χ2v) is 3.84. The Labute approximate surface area is 90.3 Å². The Morgan fingerprint density at radius 1 is 1.40 bits per heavy atom. The summed E-state index contributed by atoms with van der Waals surface area (Å²) in [6, 6.07) is 8.14. The molecule has 1 aliphatic carbocycles. The monoisotopic (exact) mass is 207 g/mol. The lowest BCUT2D eigenvalue weighted by atomic mass is 9.96. The zero-order valence-electron chi connectivity index (χ0n) is 9.03. The van der Waals surface area contributed by atoms with Crippen LogP contribution in [0.25, 0.3) is 0 Å². The Balaban J connectivity index is 1.92. The lowest BCUT2D eigenvalue weighted by Gasteiger charge is -2.26. The van der Waals surface area contributed by atoms with E-state index in [2.05, 4.69) is 17.6 Å². The van der Waals surface area contributed by atoms with Crippen molar-refractivity contribution in [2.24, 2.45) is 0 Å². The summed E-state index contributed by atoms with van der Waals surface area (Å²) in [5.41, 5.74) is 3.99. The van der Waals surface area contributed by atoms with Gasteiger partial charge in [-0.3, -0.25) is 0 Å². The van der Waals surface area contributed by atoms with Gasteiger partial charge in [0, 0.05) is 6.54 Å². The molecule has 0 amide bonds. The summed E-state index contributed by atoms with van der Waals surface area (Å²) >= 11 is 0. The molecule has 0 aliphatic heterocycles. The molecule has 3 heteroatoms. The Hall–Kier alpha value is -1.06. The first-order valence-electron chi connectivity index (χ1n) is 5.40. The average Bonchev–Trinajstić information content (AvgIpc) is 2.21. The van der Waals surface area contributed by atoms with E-state index in [0.717, 1.165) is 5.75 Å². The first-order chi connectivity index (χ1) is 7.38. The highest BCUT2D eigenvalue weighted by Gasteiger charge is 2.18. The van der Waals surface area contributed by atoms with Crippen LogP contribution >= 0.6 is 0 Å². The molecule has 0 heterocycles. The number of rotatable bonds is 5. The van der Waals surface area contributed by atoms with Crippen LogP contribution in [-0.2, 0) is 11.4 Å². The maximum absolute atomic E-state index is 5.80. The highest BCUT2D eigenvalue weighted by molar-refractivity contribution is 5.28. The number of ether oxygens (including phenoxy) is 1.